The summed E-state index contributed by atoms with van der Waals surface area (Å²) in [6, 6.07) is 1.85. The van der Waals surface area contributed by atoms with Crippen LogP contribution in [-0.2, 0) is 4.74 Å². The Hall–Kier alpha value is -1.35. The quantitative estimate of drug-likeness (QED) is 0.726. The molecule has 0 radical (unpaired) electrons. The number of hydrogen-bond acceptors (Lipinski definition) is 4. The summed E-state index contributed by atoms with van der Waals surface area (Å²) in [6.45, 7) is 5.28. The molecule has 0 aliphatic rings. The molecular weight excluding hydrogens is 262 g/mol. The lowest BCUT2D eigenvalue weighted by Crippen LogP contribution is -2.27. The van der Waals surface area contributed by atoms with Crippen molar-refractivity contribution in [2.24, 2.45) is 0 Å². The Balaban J connectivity index is 2.89. The Morgan fingerprint density at radius 3 is 2.67 bits per heavy atom. The van der Waals surface area contributed by atoms with Crippen molar-refractivity contribution in [2.45, 2.75) is 26.4 Å². The third-order valence-electron chi connectivity index (χ3n) is 1.36. The number of nitriles is 1. The van der Waals surface area contributed by atoms with Crippen LogP contribution in [0.1, 0.15) is 26.5 Å². The zero-order chi connectivity index (χ0) is 11.6. The highest BCUT2D eigenvalue weighted by Crippen LogP contribution is 2.15. The van der Waals surface area contributed by atoms with Crippen LogP contribution in [0.2, 0.25) is 0 Å². The van der Waals surface area contributed by atoms with Gasteiger partial charge >= 0.3 is 6.09 Å². The van der Waals surface area contributed by atoms with Crippen LogP contribution in [0, 0.1) is 11.3 Å². The summed E-state index contributed by atoms with van der Waals surface area (Å²) in [7, 11) is 0. The molecular formula is C9H10BrN3O2. The summed E-state index contributed by atoms with van der Waals surface area (Å²) >= 11 is 3.11. The van der Waals surface area contributed by atoms with E-state index in [0.29, 0.717) is 4.47 Å². The van der Waals surface area contributed by atoms with Crippen molar-refractivity contribution in [3.8, 4) is 6.07 Å². The predicted molar refractivity (Wildman–Crippen MR) is 56.3 cm³/mol. The van der Waals surface area contributed by atoms with Gasteiger partial charge in [-0.2, -0.15) is 15.0 Å². The maximum absolute atomic E-state index is 11.5. The molecule has 0 unspecified atom stereocenters. The SMILES string of the molecule is CC(C)(C)OC(=O)n1cc(Br)c(C#N)n1. The smallest absolute Gasteiger partial charge is 0.435 e. The van der Waals surface area contributed by atoms with Gasteiger partial charge in [0.05, 0.1) is 10.7 Å². The van der Waals surface area contributed by atoms with E-state index >= 15 is 0 Å². The van der Waals surface area contributed by atoms with Crippen LogP contribution in [0.25, 0.3) is 0 Å². The standard InChI is InChI=1S/C9H10BrN3O2/c1-9(2,3)15-8(14)13-5-6(10)7(4-11)12-13/h5H,1-3H3. The van der Waals surface area contributed by atoms with Gasteiger partial charge in [0, 0.05) is 0 Å². The first-order valence-electron chi connectivity index (χ1n) is 4.22. The second-order valence-corrected chi connectivity index (χ2v) is 4.72. The summed E-state index contributed by atoms with van der Waals surface area (Å²) in [5.41, 5.74) is -0.427. The lowest BCUT2D eigenvalue weighted by atomic mass is 10.2. The Morgan fingerprint density at radius 2 is 2.27 bits per heavy atom. The summed E-state index contributed by atoms with van der Waals surface area (Å²) in [4.78, 5) is 11.5. The summed E-state index contributed by atoms with van der Waals surface area (Å²) in [5, 5.41) is 12.4. The van der Waals surface area contributed by atoms with Gasteiger partial charge in [0.1, 0.15) is 11.7 Å². The minimum atomic E-state index is -0.607. The highest BCUT2D eigenvalue weighted by Gasteiger charge is 2.19. The van der Waals surface area contributed by atoms with Crippen LogP contribution in [0.5, 0.6) is 0 Å². The molecule has 1 rings (SSSR count). The summed E-state index contributed by atoms with van der Waals surface area (Å²) in [5.74, 6) is 0. The normalized spacial score (nSPS) is 10.9. The number of nitrogens with zero attached hydrogens (tertiary/aromatic N) is 3. The molecule has 0 aliphatic heterocycles. The van der Waals surface area contributed by atoms with Crippen molar-refractivity contribution in [1.82, 2.24) is 9.78 Å². The van der Waals surface area contributed by atoms with Crippen molar-refractivity contribution in [1.29, 1.82) is 5.26 Å². The van der Waals surface area contributed by atoms with Crippen molar-refractivity contribution < 1.29 is 9.53 Å². The van der Waals surface area contributed by atoms with Crippen LogP contribution in [0.4, 0.5) is 4.79 Å². The molecule has 0 saturated carbocycles. The number of aromatic nitrogens is 2. The van der Waals surface area contributed by atoms with Gasteiger partial charge in [-0.3, -0.25) is 0 Å². The van der Waals surface area contributed by atoms with Crippen molar-refractivity contribution in [3.05, 3.63) is 16.4 Å². The molecule has 1 heterocycles. The topological polar surface area (TPSA) is 67.9 Å². The number of halogens is 1. The van der Waals surface area contributed by atoms with Crippen molar-refractivity contribution in [2.75, 3.05) is 0 Å². The summed E-state index contributed by atoms with van der Waals surface area (Å²) in [6.07, 6.45) is 0.789. The number of rotatable bonds is 0. The van der Waals surface area contributed by atoms with Gasteiger partial charge < -0.3 is 4.74 Å². The van der Waals surface area contributed by atoms with Crippen molar-refractivity contribution in [3.63, 3.8) is 0 Å². The van der Waals surface area contributed by atoms with Gasteiger partial charge in [0.25, 0.3) is 0 Å². The average Bonchev–Trinajstić information content (AvgIpc) is 2.43. The zero-order valence-electron chi connectivity index (χ0n) is 8.61. The number of carbonyl (C=O) groups excluding carboxylic acids is 1. The second-order valence-electron chi connectivity index (χ2n) is 3.86. The van der Waals surface area contributed by atoms with E-state index in [9.17, 15) is 4.79 Å². The number of hydrogen-bond donors (Lipinski definition) is 0. The van der Waals surface area contributed by atoms with Gasteiger partial charge in [-0.15, -0.1) is 0 Å². The Bertz CT molecular complexity index is 426. The number of ether oxygens (including phenoxy) is 1. The molecule has 1 aromatic rings. The molecule has 6 heteroatoms. The van der Waals surface area contributed by atoms with Gasteiger partial charge in [-0.05, 0) is 36.7 Å². The van der Waals surface area contributed by atoms with Crippen molar-refractivity contribution >= 4 is 22.0 Å². The predicted octanol–water partition coefficient (Wildman–Crippen LogP) is 2.30. The van der Waals surface area contributed by atoms with Crippen LogP contribution in [-0.4, -0.2) is 21.5 Å². The maximum Gasteiger partial charge on any atom is 0.435 e. The van der Waals surface area contributed by atoms with Gasteiger partial charge in [0.2, 0.25) is 0 Å². The molecule has 0 spiro atoms. The minimum absolute atomic E-state index is 0.154. The molecule has 0 amide bonds. The molecule has 15 heavy (non-hydrogen) atoms. The lowest BCUT2D eigenvalue weighted by Gasteiger charge is -2.18. The molecule has 0 saturated heterocycles. The average molecular weight is 272 g/mol. The molecule has 0 bridgehead atoms. The van der Waals surface area contributed by atoms with Crippen LogP contribution in [0.3, 0.4) is 0 Å². The highest BCUT2D eigenvalue weighted by molar-refractivity contribution is 9.10. The molecule has 0 atom stereocenters. The van der Waals surface area contributed by atoms with Gasteiger partial charge in [0.15, 0.2) is 5.69 Å². The largest absolute Gasteiger partial charge is 0.442 e. The maximum atomic E-state index is 11.5. The molecule has 0 N–H and O–H groups in total. The Morgan fingerprint density at radius 1 is 1.67 bits per heavy atom. The third kappa shape index (κ3) is 3.06. The second kappa shape index (κ2) is 4.03. The fraction of sp³-hybridized carbons (Fsp3) is 0.444. The van der Waals surface area contributed by atoms with E-state index < -0.39 is 11.7 Å². The minimum Gasteiger partial charge on any atom is -0.442 e. The zero-order valence-corrected chi connectivity index (χ0v) is 10.2. The van der Waals surface area contributed by atoms with E-state index in [4.69, 9.17) is 10.00 Å². The molecule has 0 aromatic carbocycles. The molecule has 0 aliphatic carbocycles. The lowest BCUT2D eigenvalue weighted by molar-refractivity contribution is 0.0514. The molecule has 5 nitrogen and oxygen atoms in total. The van der Waals surface area contributed by atoms with E-state index in [2.05, 4.69) is 21.0 Å². The Labute approximate surface area is 95.8 Å². The third-order valence-corrected chi connectivity index (χ3v) is 1.94. The van der Waals surface area contributed by atoms with Gasteiger partial charge in [-0.1, -0.05) is 0 Å². The highest BCUT2D eigenvalue weighted by atomic mass is 79.9. The van der Waals surface area contributed by atoms with Crippen LogP contribution < -0.4 is 0 Å². The molecule has 0 fully saturated rings. The Kier molecular flexibility index (Phi) is 3.15. The number of carbonyl (C=O) groups is 1. The van der Waals surface area contributed by atoms with E-state index in [0.717, 1.165) is 4.68 Å². The van der Waals surface area contributed by atoms with E-state index in [1.54, 1.807) is 20.8 Å². The summed E-state index contributed by atoms with van der Waals surface area (Å²) < 4.78 is 6.53. The first-order chi connectivity index (χ1) is 6.83. The fourth-order valence-electron chi connectivity index (χ4n) is 0.831. The fourth-order valence-corrected chi connectivity index (χ4v) is 1.19. The monoisotopic (exact) mass is 271 g/mol. The van der Waals surface area contributed by atoms with E-state index in [-0.39, 0.29) is 5.69 Å². The first kappa shape index (κ1) is 11.7. The molecule has 1 aromatic heterocycles. The van der Waals surface area contributed by atoms with Crippen LogP contribution in [0.15, 0.2) is 10.7 Å². The van der Waals surface area contributed by atoms with E-state index in [1.807, 2.05) is 6.07 Å². The van der Waals surface area contributed by atoms with Gasteiger partial charge in [-0.25, -0.2) is 4.79 Å². The van der Waals surface area contributed by atoms with Crippen LogP contribution >= 0.6 is 15.9 Å². The first-order valence-corrected chi connectivity index (χ1v) is 5.01. The van der Waals surface area contributed by atoms with E-state index in [1.165, 1.54) is 6.20 Å². The molecule has 80 valence electrons.